The van der Waals surface area contributed by atoms with Crippen LogP contribution in [0.5, 0.6) is 5.88 Å². The molecular formula is C16H16N2O4S. The average molecular weight is 332 g/mol. The number of rotatable bonds is 5. The van der Waals surface area contributed by atoms with Gasteiger partial charge in [-0.15, -0.1) is 0 Å². The minimum atomic E-state index is -0.509. The van der Waals surface area contributed by atoms with Crippen molar-refractivity contribution in [3.63, 3.8) is 0 Å². The van der Waals surface area contributed by atoms with Crippen molar-refractivity contribution in [2.24, 2.45) is 0 Å². The zero-order valence-corrected chi connectivity index (χ0v) is 13.5. The van der Waals surface area contributed by atoms with E-state index in [0.717, 1.165) is 11.3 Å². The first-order valence-electron chi connectivity index (χ1n) is 7.19. The van der Waals surface area contributed by atoms with Gasteiger partial charge in [0.15, 0.2) is 11.8 Å². The molecule has 1 aromatic carbocycles. The second-order valence-corrected chi connectivity index (χ2v) is 6.07. The molecule has 0 radical (unpaired) electrons. The smallest absolute Gasteiger partial charge is 0.343 e. The van der Waals surface area contributed by atoms with Crippen LogP contribution in [0.3, 0.4) is 0 Å². The van der Waals surface area contributed by atoms with Gasteiger partial charge in [-0.3, -0.25) is 9.36 Å². The number of fused-ring (bicyclic) bond motifs is 1. The Kier molecular flexibility index (Phi) is 4.66. The fraction of sp³-hybridized carbons (Fsp3) is 0.312. The van der Waals surface area contributed by atoms with Gasteiger partial charge < -0.3 is 9.47 Å². The Morgan fingerprint density at radius 1 is 1.35 bits per heavy atom. The van der Waals surface area contributed by atoms with Crippen LogP contribution in [-0.2, 0) is 22.5 Å². The van der Waals surface area contributed by atoms with Gasteiger partial charge >= 0.3 is 5.97 Å². The highest BCUT2D eigenvalue weighted by atomic mass is 32.2. The van der Waals surface area contributed by atoms with Crippen molar-refractivity contribution in [3.05, 3.63) is 51.8 Å². The third kappa shape index (κ3) is 3.39. The molecule has 120 valence electrons. The number of esters is 1. The maximum absolute atomic E-state index is 12.7. The molecule has 0 saturated heterocycles. The van der Waals surface area contributed by atoms with Gasteiger partial charge in [-0.25, -0.2) is 4.79 Å². The number of ether oxygens (including phenoxy) is 2. The Hall–Kier alpha value is -2.28. The second kappa shape index (κ2) is 6.87. The molecule has 23 heavy (non-hydrogen) atoms. The summed E-state index contributed by atoms with van der Waals surface area (Å²) in [4.78, 5) is 28.4. The summed E-state index contributed by atoms with van der Waals surface area (Å²) in [5.74, 6) is 0.517. The van der Waals surface area contributed by atoms with E-state index in [-0.39, 0.29) is 18.0 Å². The van der Waals surface area contributed by atoms with E-state index in [9.17, 15) is 9.59 Å². The van der Waals surface area contributed by atoms with Crippen LogP contribution in [0.1, 0.15) is 11.1 Å². The lowest BCUT2D eigenvalue weighted by atomic mass is 10.1. The molecule has 0 saturated carbocycles. The largest absolute Gasteiger partial charge is 0.466 e. The fourth-order valence-electron chi connectivity index (χ4n) is 2.35. The van der Waals surface area contributed by atoms with E-state index in [1.807, 2.05) is 30.3 Å². The first-order valence-corrected chi connectivity index (χ1v) is 8.17. The number of hydrogen-bond donors (Lipinski definition) is 0. The van der Waals surface area contributed by atoms with Crippen molar-refractivity contribution in [1.82, 2.24) is 9.55 Å². The highest BCUT2D eigenvalue weighted by Crippen LogP contribution is 2.26. The van der Waals surface area contributed by atoms with Crippen molar-refractivity contribution in [3.8, 4) is 5.88 Å². The lowest BCUT2D eigenvalue weighted by Gasteiger charge is -2.12. The Morgan fingerprint density at radius 3 is 2.87 bits per heavy atom. The second-order valence-electron chi connectivity index (χ2n) is 5.01. The van der Waals surface area contributed by atoms with Gasteiger partial charge in [-0.1, -0.05) is 42.1 Å². The van der Waals surface area contributed by atoms with Gasteiger partial charge in [-0.05, 0) is 5.56 Å². The zero-order valence-electron chi connectivity index (χ0n) is 12.7. The van der Waals surface area contributed by atoms with E-state index in [2.05, 4.69) is 9.72 Å². The molecule has 0 unspecified atom stereocenters. The molecule has 0 bridgehead atoms. The molecule has 7 heteroatoms. The maximum Gasteiger partial charge on any atom is 0.343 e. The molecule has 0 amide bonds. The number of nitrogens with zero attached hydrogens (tertiary/aromatic N) is 2. The van der Waals surface area contributed by atoms with E-state index < -0.39 is 5.97 Å². The number of thioether (sulfide) groups is 1. The average Bonchev–Trinajstić information content (AvgIpc) is 3.05. The summed E-state index contributed by atoms with van der Waals surface area (Å²) in [5.41, 5.74) is 1.34. The van der Waals surface area contributed by atoms with Gasteiger partial charge in [-0.2, -0.15) is 4.98 Å². The summed E-state index contributed by atoms with van der Waals surface area (Å²) in [6.45, 7) is 0.379. The van der Waals surface area contributed by atoms with Crippen molar-refractivity contribution < 1.29 is 14.3 Å². The van der Waals surface area contributed by atoms with Gasteiger partial charge in [0.25, 0.3) is 5.56 Å². The van der Waals surface area contributed by atoms with E-state index in [1.54, 1.807) is 4.57 Å². The SMILES string of the molecule is COC(=O)COc1nc2n(c(=O)c1Cc1ccccc1)CCS2. The molecule has 1 aromatic heterocycles. The quantitative estimate of drug-likeness (QED) is 0.610. The van der Waals surface area contributed by atoms with Crippen molar-refractivity contribution >= 4 is 17.7 Å². The zero-order chi connectivity index (χ0) is 16.2. The van der Waals surface area contributed by atoms with Crippen LogP contribution in [0.15, 0.2) is 40.3 Å². The van der Waals surface area contributed by atoms with E-state index >= 15 is 0 Å². The number of carbonyl (C=O) groups is 1. The summed E-state index contributed by atoms with van der Waals surface area (Å²) in [6.07, 6.45) is 0.411. The highest BCUT2D eigenvalue weighted by Gasteiger charge is 2.22. The minimum Gasteiger partial charge on any atom is -0.466 e. The Balaban J connectivity index is 1.97. The van der Waals surface area contributed by atoms with E-state index in [4.69, 9.17) is 4.74 Å². The first kappa shape index (κ1) is 15.6. The van der Waals surface area contributed by atoms with E-state index in [1.165, 1.54) is 18.9 Å². The van der Waals surface area contributed by atoms with Crippen LogP contribution < -0.4 is 10.3 Å². The monoisotopic (exact) mass is 332 g/mol. The summed E-state index contributed by atoms with van der Waals surface area (Å²) >= 11 is 1.51. The predicted octanol–water partition coefficient (Wildman–Crippen LogP) is 1.49. The van der Waals surface area contributed by atoms with E-state index in [0.29, 0.717) is 23.7 Å². The molecule has 1 aliphatic rings. The van der Waals surface area contributed by atoms with Crippen LogP contribution in [0, 0.1) is 0 Å². The molecule has 1 aliphatic heterocycles. The molecule has 0 aliphatic carbocycles. The fourth-order valence-corrected chi connectivity index (χ4v) is 3.28. The summed E-state index contributed by atoms with van der Waals surface area (Å²) in [6, 6.07) is 9.63. The predicted molar refractivity (Wildman–Crippen MR) is 86.0 cm³/mol. The molecule has 0 spiro atoms. The molecule has 0 atom stereocenters. The number of methoxy groups -OCH3 is 1. The molecule has 2 aromatic rings. The summed E-state index contributed by atoms with van der Waals surface area (Å²) < 4.78 is 11.7. The van der Waals surface area contributed by atoms with Crippen molar-refractivity contribution in [2.45, 2.75) is 18.1 Å². The number of benzene rings is 1. The topological polar surface area (TPSA) is 70.4 Å². The van der Waals surface area contributed by atoms with Crippen LogP contribution in [0.25, 0.3) is 0 Å². The lowest BCUT2D eigenvalue weighted by molar-refractivity contribution is -0.143. The maximum atomic E-state index is 12.7. The standard InChI is InChI=1S/C16H16N2O4S/c1-21-13(19)10-22-14-12(9-11-5-3-2-4-6-11)15(20)18-7-8-23-16(18)17-14/h2-6H,7-10H2,1H3. The Labute approximate surface area is 137 Å². The highest BCUT2D eigenvalue weighted by molar-refractivity contribution is 7.99. The normalized spacial score (nSPS) is 12.7. The van der Waals surface area contributed by atoms with Crippen LogP contribution >= 0.6 is 11.8 Å². The molecule has 3 rings (SSSR count). The molecule has 2 heterocycles. The van der Waals surface area contributed by atoms with Crippen LogP contribution in [0.2, 0.25) is 0 Å². The summed E-state index contributed by atoms with van der Waals surface area (Å²) in [7, 11) is 1.29. The number of aromatic nitrogens is 2. The molecule has 6 nitrogen and oxygen atoms in total. The Bertz CT molecular complexity index is 774. The van der Waals surface area contributed by atoms with Gasteiger partial charge in [0.05, 0.1) is 12.7 Å². The van der Waals surface area contributed by atoms with Gasteiger partial charge in [0.2, 0.25) is 5.88 Å². The number of carbonyl (C=O) groups excluding carboxylic acids is 1. The van der Waals surface area contributed by atoms with Crippen molar-refractivity contribution in [2.75, 3.05) is 19.5 Å². The lowest BCUT2D eigenvalue weighted by Crippen LogP contribution is -2.26. The van der Waals surface area contributed by atoms with Crippen molar-refractivity contribution in [1.29, 1.82) is 0 Å². The first-order chi connectivity index (χ1) is 11.2. The van der Waals surface area contributed by atoms with Gasteiger partial charge in [0, 0.05) is 18.7 Å². The molecule has 0 fully saturated rings. The molecular weight excluding hydrogens is 316 g/mol. The third-order valence-corrected chi connectivity index (χ3v) is 4.47. The van der Waals surface area contributed by atoms with Gasteiger partial charge in [0.1, 0.15) is 0 Å². The molecule has 0 N–H and O–H groups in total. The summed E-state index contributed by atoms with van der Waals surface area (Å²) in [5, 5.41) is 0.631. The Morgan fingerprint density at radius 2 is 2.13 bits per heavy atom. The third-order valence-electron chi connectivity index (χ3n) is 3.51. The number of hydrogen-bond acceptors (Lipinski definition) is 6. The minimum absolute atomic E-state index is 0.108. The van der Waals surface area contributed by atoms with Crippen LogP contribution in [-0.4, -0.2) is 35.0 Å². The van der Waals surface area contributed by atoms with Crippen LogP contribution in [0.4, 0.5) is 0 Å².